The van der Waals surface area contributed by atoms with Crippen LogP contribution in [0.3, 0.4) is 0 Å². The summed E-state index contributed by atoms with van der Waals surface area (Å²) < 4.78 is 7.33. The lowest BCUT2D eigenvalue weighted by Gasteiger charge is -2.22. The maximum atomic E-state index is 11.6. The third-order valence-electron chi connectivity index (χ3n) is 5.39. The zero-order valence-corrected chi connectivity index (χ0v) is 18.7. The molecule has 4 rings (SSSR count). The summed E-state index contributed by atoms with van der Waals surface area (Å²) in [7, 11) is 0. The van der Waals surface area contributed by atoms with E-state index in [1.165, 1.54) is 6.33 Å². The molecule has 0 spiro atoms. The number of benzene rings is 2. The van der Waals surface area contributed by atoms with Gasteiger partial charge in [0.15, 0.2) is 5.65 Å². The number of fused-ring (bicyclic) bond motifs is 1. The highest BCUT2D eigenvalue weighted by Gasteiger charge is 2.26. The van der Waals surface area contributed by atoms with Gasteiger partial charge in [-0.2, -0.15) is 5.10 Å². The van der Waals surface area contributed by atoms with Crippen LogP contribution in [0, 0.1) is 13.8 Å². The van der Waals surface area contributed by atoms with Crippen LogP contribution in [-0.4, -0.2) is 26.2 Å². The maximum absolute atomic E-state index is 11.6. The highest BCUT2D eigenvalue weighted by atomic mass is 35.5. The van der Waals surface area contributed by atoms with E-state index in [-0.39, 0.29) is 0 Å². The molecule has 7 nitrogen and oxygen atoms in total. The maximum Gasteiger partial charge on any atom is 0.298 e. The van der Waals surface area contributed by atoms with Crippen molar-refractivity contribution in [1.82, 2.24) is 19.7 Å². The van der Waals surface area contributed by atoms with Crippen molar-refractivity contribution < 1.29 is 9.53 Å². The fourth-order valence-corrected chi connectivity index (χ4v) is 4.04. The lowest BCUT2D eigenvalue weighted by Crippen LogP contribution is -2.15. The van der Waals surface area contributed by atoms with Crippen LogP contribution in [-0.2, 0) is 9.53 Å². The molecule has 2 N–H and O–H groups in total. The predicted octanol–water partition coefficient (Wildman–Crippen LogP) is 4.87. The van der Waals surface area contributed by atoms with Crippen LogP contribution >= 0.6 is 11.6 Å². The van der Waals surface area contributed by atoms with E-state index < -0.39 is 6.04 Å². The molecule has 0 bridgehead atoms. The molecule has 8 heteroatoms. The molecule has 4 aromatic rings. The third kappa shape index (κ3) is 3.83. The molecule has 0 aliphatic carbocycles. The fourth-order valence-electron chi connectivity index (χ4n) is 3.87. The van der Waals surface area contributed by atoms with Crippen LogP contribution in [0.1, 0.15) is 35.3 Å². The van der Waals surface area contributed by atoms with Crippen molar-refractivity contribution in [1.29, 1.82) is 0 Å². The number of nitrogen functional groups attached to an aromatic ring is 1. The lowest BCUT2D eigenvalue weighted by molar-refractivity contribution is -0.125. The van der Waals surface area contributed by atoms with E-state index in [4.69, 9.17) is 22.1 Å². The smallest absolute Gasteiger partial charge is 0.298 e. The van der Waals surface area contributed by atoms with Crippen LogP contribution in [0.2, 0.25) is 5.02 Å². The van der Waals surface area contributed by atoms with E-state index in [1.54, 1.807) is 4.68 Å². The normalized spacial score (nSPS) is 13.0. The molecule has 2 aromatic heterocycles. The number of carbonyl (C=O) groups excluding carboxylic acids is 1. The van der Waals surface area contributed by atoms with Gasteiger partial charge >= 0.3 is 0 Å². The van der Waals surface area contributed by atoms with E-state index in [9.17, 15) is 4.79 Å². The summed E-state index contributed by atoms with van der Waals surface area (Å²) in [6.07, 6.45) is 1.39. The average molecular weight is 448 g/mol. The molecule has 0 radical (unpaired) electrons. The third-order valence-corrected chi connectivity index (χ3v) is 5.63. The van der Waals surface area contributed by atoms with Crippen molar-refractivity contribution in [3.05, 3.63) is 88.0 Å². The van der Waals surface area contributed by atoms with E-state index in [0.29, 0.717) is 39.8 Å². The van der Waals surface area contributed by atoms with E-state index in [2.05, 4.69) is 15.1 Å². The minimum Gasteiger partial charge on any atom is -0.430 e. The Labute approximate surface area is 190 Å². The number of nitrogens with zero attached hydrogens (tertiary/aromatic N) is 4. The van der Waals surface area contributed by atoms with Gasteiger partial charge in [0.1, 0.15) is 23.9 Å². The van der Waals surface area contributed by atoms with E-state index >= 15 is 0 Å². The van der Waals surface area contributed by atoms with Gasteiger partial charge in [-0.05, 0) is 49.6 Å². The van der Waals surface area contributed by atoms with Gasteiger partial charge in [-0.1, -0.05) is 48.0 Å². The Hall–Kier alpha value is -3.71. The molecule has 0 fully saturated rings. The first-order valence-electron chi connectivity index (χ1n) is 10.0. The summed E-state index contributed by atoms with van der Waals surface area (Å²) in [6.45, 7) is 6.15. The summed E-state index contributed by atoms with van der Waals surface area (Å²) in [5.74, 6) is 0.764. The zero-order valence-electron chi connectivity index (χ0n) is 17.9. The lowest BCUT2D eigenvalue weighted by atomic mass is 9.91. The summed E-state index contributed by atoms with van der Waals surface area (Å²) in [6, 6.07) is 14.9. The van der Waals surface area contributed by atoms with Crippen molar-refractivity contribution in [2.75, 3.05) is 5.73 Å². The molecule has 0 saturated carbocycles. The van der Waals surface area contributed by atoms with Crippen LogP contribution in [0.5, 0.6) is 0 Å². The highest BCUT2D eigenvalue weighted by molar-refractivity contribution is 6.30. The number of hydrogen-bond acceptors (Lipinski definition) is 6. The first kappa shape index (κ1) is 21.5. The molecule has 0 aliphatic heterocycles. The van der Waals surface area contributed by atoms with Gasteiger partial charge in [-0.15, -0.1) is 0 Å². The number of aromatic nitrogens is 4. The number of rotatable bonds is 6. The van der Waals surface area contributed by atoms with Crippen molar-refractivity contribution in [2.24, 2.45) is 0 Å². The Balaban J connectivity index is 2.03. The molecule has 2 aromatic carbocycles. The Morgan fingerprint density at radius 3 is 2.62 bits per heavy atom. The van der Waals surface area contributed by atoms with Crippen molar-refractivity contribution in [3.8, 4) is 0 Å². The standard InChI is InChI=1S/C24H22ClN5O2/c1-14-9-10-18(25)11-19(14)21(17-7-5-4-6-8-17)22(32-13-31)16(3)30-24-20(15(2)29-30)23(26)27-12-28-24/h4-13,16H,1-3H3,(H2,26,27,28)/b22-21-. The van der Waals surface area contributed by atoms with Gasteiger partial charge in [0.05, 0.1) is 11.1 Å². The summed E-state index contributed by atoms with van der Waals surface area (Å²) in [5.41, 5.74) is 10.8. The van der Waals surface area contributed by atoms with Crippen molar-refractivity contribution in [3.63, 3.8) is 0 Å². The van der Waals surface area contributed by atoms with E-state index in [1.807, 2.05) is 69.3 Å². The molecular formula is C24H22ClN5O2. The largest absolute Gasteiger partial charge is 0.430 e. The summed E-state index contributed by atoms with van der Waals surface area (Å²) >= 11 is 6.34. The highest BCUT2D eigenvalue weighted by Crippen LogP contribution is 2.37. The number of carbonyl (C=O) groups is 1. The molecule has 1 unspecified atom stereocenters. The zero-order chi connectivity index (χ0) is 22.8. The molecule has 162 valence electrons. The van der Waals surface area contributed by atoms with Crippen LogP contribution in [0.25, 0.3) is 16.6 Å². The van der Waals surface area contributed by atoms with Gasteiger partial charge in [0.25, 0.3) is 6.47 Å². The summed E-state index contributed by atoms with van der Waals surface area (Å²) in [4.78, 5) is 20.1. The van der Waals surface area contributed by atoms with Gasteiger partial charge in [0.2, 0.25) is 0 Å². The summed E-state index contributed by atoms with van der Waals surface area (Å²) in [5, 5.41) is 5.89. The quantitative estimate of drug-likeness (QED) is 0.334. The Morgan fingerprint density at radius 1 is 1.16 bits per heavy atom. The second-order valence-corrected chi connectivity index (χ2v) is 7.88. The molecule has 0 saturated heterocycles. The molecule has 2 heterocycles. The Kier molecular flexibility index (Phi) is 5.92. The topological polar surface area (TPSA) is 95.9 Å². The number of hydrogen-bond donors (Lipinski definition) is 1. The number of anilines is 1. The number of nitrogens with two attached hydrogens (primary N) is 1. The van der Waals surface area contributed by atoms with Gasteiger partial charge in [-0.3, -0.25) is 4.79 Å². The predicted molar refractivity (Wildman–Crippen MR) is 125 cm³/mol. The molecule has 32 heavy (non-hydrogen) atoms. The number of aryl methyl sites for hydroxylation is 2. The van der Waals surface area contributed by atoms with E-state index in [0.717, 1.165) is 22.3 Å². The first-order valence-corrected chi connectivity index (χ1v) is 10.4. The molecule has 1 atom stereocenters. The Morgan fingerprint density at radius 2 is 1.91 bits per heavy atom. The SMILES string of the molecule is Cc1ccc(Cl)cc1/C(=C(\OC=O)C(C)n1nc(C)c2c(N)ncnc21)c1ccccc1. The second-order valence-electron chi connectivity index (χ2n) is 7.44. The number of halogens is 1. The molecule has 0 aliphatic rings. The minimum atomic E-state index is -0.487. The first-order chi connectivity index (χ1) is 15.4. The average Bonchev–Trinajstić information content (AvgIpc) is 3.13. The van der Waals surface area contributed by atoms with Crippen molar-refractivity contribution >= 4 is 40.5 Å². The second kappa shape index (κ2) is 8.80. The van der Waals surface area contributed by atoms with Crippen LogP contribution in [0.4, 0.5) is 5.82 Å². The monoisotopic (exact) mass is 447 g/mol. The van der Waals surface area contributed by atoms with Crippen LogP contribution in [0.15, 0.2) is 60.6 Å². The van der Waals surface area contributed by atoms with Gasteiger partial charge < -0.3 is 10.5 Å². The molecular weight excluding hydrogens is 426 g/mol. The molecule has 0 amide bonds. The number of allylic oxidation sites excluding steroid dienone is 1. The fraction of sp³-hybridized carbons (Fsp3) is 0.167. The Bertz CT molecular complexity index is 1330. The minimum absolute atomic E-state index is 0.349. The van der Waals surface area contributed by atoms with Gasteiger partial charge in [0, 0.05) is 10.6 Å². The van der Waals surface area contributed by atoms with Gasteiger partial charge in [-0.25, -0.2) is 14.6 Å². The number of ether oxygens (including phenoxy) is 1. The van der Waals surface area contributed by atoms with Crippen molar-refractivity contribution in [2.45, 2.75) is 26.8 Å². The van der Waals surface area contributed by atoms with Crippen LogP contribution < -0.4 is 5.73 Å².